The molecule has 0 amide bonds. The second kappa shape index (κ2) is 10.0. The minimum Gasteiger partial charge on any atom is -0.385 e. The van der Waals surface area contributed by atoms with Crippen LogP contribution in [0.25, 0.3) is 0 Å². The Bertz CT molecular complexity index is 92.1. The molecule has 0 aromatic rings. The van der Waals surface area contributed by atoms with Gasteiger partial charge in [0.2, 0.25) is 0 Å². The van der Waals surface area contributed by atoms with E-state index in [1.807, 2.05) is 0 Å². The summed E-state index contributed by atoms with van der Waals surface area (Å²) in [5.41, 5.74) is 0. The minimum absolute atomic E-state index is 0.863. The van der Waals surface area contributed by atoms with E-state index in [9.17, 15) is 0 Å². The Balaban J connectivity index is 3.05. The molecule has 13 heavy (non-hydrogen) atoms. The summed E-state index contributed by atoms with van der Waals surface area (Å²) in [4.78, 5) is 0. The Morgan fingerprint density at radius 1 is 1.15 bits per heavy atom. The van der Waals surface area contributed by atoms with Gasteiger partial charge in [-0.25, -0.2) is 0 Å². The first kappa shape index (κ1) is 12.9. The summed E-state index contributed by atoms with van der Waals surface area (Å²) in [6, 6.07) is 0. The van der Waals surface area contributed by atoms with Gasteiger partial charge in [0.15, 0.2) is 0 Å². The summed E-state index contributed by atoms with van der Waals surface area (Å²) in [6.07, 6.45) is 4.99. The van der Waals surface area contributed by atoms with Gasteiger partial charge in [0.05, 0.1) is 0 Å². The van der Waals surface area contributed by atoms with Gasteiger partial charge in [-0.2, -0.15) is 0 Å². The highest BCUT2D eigenvalue weighted by atomic mass is 16.5. The Labute approximate surface area is 83.1 Å². The predicted octanol–water partition coefficient (Wildman–Crippen LogP) is 2.44. The summed E-state index contributed by atoms with van der Waals surface area (Å²) in [7, 11) is 1.76. The zero-order chi connectivity index (χ0) is 9.94. The van der Waals surface area contributed by atoms with E-state index in [-0.39, 0.29) is 0 Å². The highest BCUT2D eigenvalue weighted by Crippen LogP contribution is 2.04. The molecule has 2 nitrogen and oxygen atoms in total. The first-order chi connectivity index (χ1) is 6.35. The zero-order valence-corrected chi connectivity index (χ0v) is 9.44. The molecule has 0 aliphatic rings. The van der Waals surface area contributed by atoms with E-state index in [1.165, 1.54) is 32.2 Å². The monoisotopic (exact) mass is 187 g/mol. The van der Waals surface area contributed by atoms with Gasteiger partial charge in [-0.15, -0.1) is 0 Å². The van der Waals surface area contributed by atoms with Crippen molar-refractivity contribution in [3.63, 3.8) is 0 Å². The minimum atomic E-state index is 0.863. The van der Waals surface area contributed by atoms with Crippen LogP contribution in [0.2, 0.25) is 0 Å². The third-order valence-corrected chi connectivity index (χ3v) is 2.54. The maximum absolute atomic E-state index is 4.98. The third kappa shape index (κ3) is 8.26. The maximum atomic E-state index is 4.98. The molecule has 2 heteroatoms. The number of ether oxygens (including phenoxy) is 1. The third-order valence-electron chi connectivity index (χ3n) is 2.54. The maximum Gasteiger partial charge on any atom is 0.0462 e. The summed E-state index contributed by atoms with van der Waals surface area (Å²) < 4.78 is 4.98. The molecule has 0 fully saturated rings. The number of methoxy groups -OCH3 is 1. The largest absolute Gasteiger partial charge is 0.385 e. The van der Waals surface area contributed by atoms with Crippen molar-refractivity contribution in [1.82, 2.24) is 5.32 Å². The predicted molar refractivity (Wildman–Crippen MR) is 58.1 cm³/mol. The standard InChI is InChI=1S/C11H25NO/c1-4-11(5-2)10-12-8-6-7-9-13-3/h11-12H,4-10H2,1-3H3. The van der Waals surface area contributed by atoms with E-state index in [0.717, 1.165) is 19.1 Å². The van der Waals surface area contributed by atoms with E-state index < -0.39 is 0 Å². The molecule has 0 saturated carbocycles. The first-order valence-corrected chi connectivity index (χ1v) is 5.54. The zero-order valence-electron chi connectivity index (χ0n) is 9.44. The molecule has 0 saturated heterocycles. The lowest BCUT2D eigenvalue weighted by molar-refractivity contribution is 0.192. The van der Waals surface area contributed by atoms with Gasteiger partial charge in [-0.3, -0.25) is 0 Å². The molecular formula is C11H25NO. The van der Waals surface area contributed by atoms with Crippen LogP contribution in [0.3, 0.4) is 0 Å². The van der Waals surface area contributed by atoms with Crippen LogP contribution >= 0.6 is 0 Å². The van der Waals surface area contributed by atoms with Gasteiger partial charge in [-0.05, 0) is 31.8 Å². The lowest BCUT2D eigenvalue weighted by Gasteiger charge is -2.12. The molecule has 0 heterocycles. The van der Waals surface area contributed by atoms with Crippen LogP contribution in [0.5, 0.6) is 0 Å². The number of rotatable bonds is 9. The van der Waals surface area contributed by atoms with Crippen molar-refractivity contribution >= 4 is 0 Å². The van der Waals surface area contributed by atoms with Crippen LogP contribution in [0, 0.1) is 5.92 Å². The van der Waals surface area contributed by atoms with Gasteiger partial charge in [-0.1, -0.05) is 26.7 Å². The van der Waals surface area contributed by atoms with E-state index in [1.54, 1.807) is 7.11 Å². The van der Waals surface area contributed by atoms with Gasteiger partial charge in [0.25, 0.3) is 0 Å². The topological polar surface area (TPSA) is 21.3 Å². The van der Waals surface area contributed by atoms with E-state index >= 15 is 0 Å². The highest BCUT2D eigenvalue weighted by Gasteiger charge is 2.00. The van der Waals surface area contributed by atoms with E-state index in [2.05, 4.69) is 19.2 Å². The molecule has 0 rings (SSSR count). The molecule has 0 aromatic heterocycles. The van der Waals surface area contributed by atoms with Crippen molar-refractivity contribution < 1.29 is 4.74 Å². The van der Waals surface area contributed by atoms with E-state index in [4.69, 9.17) is 4.74 Å². The average Bonchev–Trinajstić information content (AvgIpc) is 2.17. The number of nitrogens with one attached hydrogen (secondary N) is 1. The fourth-order valence-corrected chi connectivity index (χ4v) is 1.38. The number of hydrogen-bond acceptors (Lipinski definition) is 2. The number of hydrogen-bond donors (Lipinski definition) is 1. The summed E-state index contributed by atoms with van der Waals surface area (Å²) in [5.74, 6) is 0.863. The second-order valence-corrected chi connectivity index (χ2v) is 3.59. The SMILES string of the molecule is CCC(CC)CNCCCCOC. The summed E-state index contributed by atoms with van der Waals surface area (Å²) in [5, 5.41) is 3.49. The molecule has 0 bridgehead atoms. The Morgan fingerprint density at radius 2 is 1.85 bits per heavy atom. The molecule has 0 atom stereocenters. The first-order valence-electron chi connectivity index (χ1n) is 5.54. The van der Waals surface area contributed by atoms with Gasteiger partial charge >= 0.3 is 0 Å². The van der Waals surface area contributed by atoms with Crippen molar-refractivity contribution in [2.75, 3.05) is 26.8 Å². The molecule has 0 aliphatic heterocycles. The van der Waals surface area contributed by atoms with Crippen molar-refractivity contribution in [1.29, 1.82) is 0 Å². The van der Waals surface area contributed by atoms with Crippen LogP contribution in [0.4, 0.5) is 0 Å². The normalized spacial score (nSPS) is 11.1. The van der Waals surface area contributed by atoms with Crippen LogP contribution < -0.4 is 5.32 Å². The average molecular weight is 187 g/mol. The van der Waals surface area contributed by atoms with Crippen molar-refractivity contribution in [2.45, 2.75) is 39.5 Å². The van der Waals surface area contributed by atoms with Gasteiger partial charge < -0.3 is 10.1 Å². The van der Waals surface area contributed by atoms with Crippen LogP contribution in [-0.2, 0) is 4.74 Å². The van der Waals surface area contributed by atoms with Crippen LogP contribution in [-0.4, -0.2) is 26.8 Å². The smallest absolute Gasteiger partial charge is 0.0462 e. The molecule has 0 radical (unpaired) electrons. The Kier molecular flexibility index (Phi) is 9.94. The molecule has 0 unspecified atom stereocenters. The van der Waals surface area contributed by atoms with Crippen LogP contribution in [0.1, 0.15) is 39.5 Å². The lowest BCUT2D eigenvalue weighted by atomic mass is 10.0. The van der Waals surface area contributed by atoms with E-state index in [0.29, 0.717) is 0 Å². The highest BCUT2D eigenvalue weighted by molar-refractivity contribution is 4.58. The fourth-order valence-electron chi connectivity index (χ4n) is 1.38. The second-order valence-electron chi connectivity index (χ2n) is 3.59. The quantitative estimate of drug-likeness (QED) is 0.560. The van der Waals surface area contributed by atoms with Gasteiger partial charge in [0.1, 0.15) is 0 Å². The van der Waals surface area contributed by atoms with Gasteiger partial charge in [0, 0.05) is 13.7 Å². The Hall–Kier alpha value is -0.0800. The fraction of sp³-hybridized carbons (Fsp3) is 1.00. The molecular weight excluding hydrogens is 162 g/mol. The Morgan fingerprint density at radius 3 is 2.38 bits per heavy atom. The molecule has 0 aromatic carbocycles. The van der Waals surface area contributed by atoms with Crippen molar-refractivity contribution in [2.24, 2.45) is 5.92 Å². The molecule has 1 N–H and O–H groups in total. The van der Waals surface area contributed by atoms with Crippen LogP contribution in [0.15, 0.2) is 0 Å². The van der Waals surface area contributed by atoms with Crippen molar-refractivity contribution in [3.8, 4) is 0 Å². The lowest BCUT2D eigenvalue weighted by Crippen LogP contribution is -2.23. The summed E-state index contributed by atoms with van der Waals surface area (Å²) >= 11 is 0. The summed E-state index contributed by atoms with van der Waals surface area (Å²) in [6.45, 7) is 7.74. The molecule has 80 valence electrons. The molecule has 0 spiro atoms. The molecule has 0 aliphatic carbocycles. The number of unbranched alkanes of at least 4 members (excludes halogenated alkanes) is 1. The van der Waals surface area contributed by atoms with Crippen molar-refractivity contribution in [3.05, 3.63) is 0 Å².